The second kappa shape index (κ2) is 5.00. The number of carbonyl (C=O) groups excluding carboxylic acids is 1. The number of carbonyl (C=O) groups is 1. The van der Waals surface area contributed by atoms with Crippen molar-refractivity contribution in [3.8, 4) is 5.75 Å². The van der Waals surface area contributed by atoms with Crippen molar-refractivity contribution < 1.29 is 9.53 Å². The van der Waals surface area contributed by atoms with E-state index in [2.05, 4.69) is 15.9 Å². The Hall–Kier alpha value is -0.830. The van der Waals surface area contributed by atoms with Crippen molar-refractivity contribution >= 4 is 21.7 Å². The first-order chi connectivity index (χ1) is 7.30. The van der Waals surface area contributed by atoms with Gasteiger partial charge in [0.2, 0.25) is 0 Å². The average molecular weight is 285 g/mol. The van der Waals surface area contributed by atoms with E-state index in [9.17, 15) is 4.79 Å². The molecule has 0 saturated heterocycles. The third-order valence-corrected chi connectivity index (χ3v) is 2.39. The molecule has 0 aliphatic heterocycles. The summed E-state index contributed by atoms with van der Waals surface area (Å²) in [6.07, 6.45) is 0.147. The number of halogens is 1. The topological polar surface area (TPSA) is 26.3 Å². The van der Waals surface area contributed by atoms with Gasteiger partial charge in [-0.1, -0.05) is 15.9 Å². The molecule has 88 valence electrons. The van der Waals surface area contributed by atoms with E-state index in [1.165, 1.54) is 0 Å². The smallest absolute Gasteiger partial charge is 0.178 e. The van der Waals surface area contributed by atoms with Gasteiger partial charge in [0.25, 0.3) is 0 Å². The van der Waals surface area contributed by atoms with Crippen LogP contribution in [0.25, 0.3) is 0 Å². The van der Waals surface area contributed by atoms with Crippen molar-refractivity contribution in [1.29, 1.82) is 0 Å². The van der Waals surface area contributed by atoms with E-state index in [1.54, 1.807) is 12.1 Å². The molecule has 0 amide bonds. The van der Waals surface area contributed by atoms with Gasteiger partial charge in [0.15, 0.2) is 5.78 Å². The van der Waals surface area contributed by atoms with E-state index in [0.29, 0.717) is 5.56 Å². The molecule has 1 aromatic rings. The number of ether oxygens (including phenoxy) is 1. The first-order valence-electron chi connectivity index (χ1n) is 5.31. The van der Waals surface area contributed by atoms with Gasteiger partial charge in [0.1, 0.15) is 5.75 Å². The maximum atomic E-state index is 11.9. The third kappa shape index (κ3) is 3.63. The molecular weight excluding hydrogens is 268 g/mol. The van der Waals surface area contributed by atoms with Crippen LogP contribution >= 0.6 is 15.9 Å². The molecule has 0 fully saturated rings. The van der Waals surface area contributed by atoms with Gasteiger partial charge in [-0.2, -0.15) is 0 Å². The molecule has 0 radical (unpaired) electrons. The van der Waals surface area contributed by atoms with Crippen LogP contribution in [0.1, 0.15) is 38.1 Å². The van der Waals surface area contributed by atoms with E-state index in [4.69, 9.17) is 4.74 Å². The van der Waals surface area contributed by atoms with Crippen molar-refractivity contribution in [2.45, 2.75) is 38.1 Å². The van der Waals surface area contributed by atoms with Crippen LogP contribution in [0.4, 0.5) is 0 Å². The molecule has 2 nitrogen and oxygen atoms in total. The van der Waals surface area contributed by atoms with Gasteiger partial charge < -0.3 is 4.74 Å². The molecule has 0 unspecified atom stereocenters. The summed E-state index contributed by atoms with van der Waals surface area (Å²) in [7, 11) is 0. The van der Waals surface area contributed by atoms with Gasteiger partial charge >= 0.3 is 0 Å². The van der Waals surface area contributed by atoms with Crippen molar-refractivity contribution in [1.82, 2.24) is 0 Å². The molecule has 0 N–H and O–H groups in total. The molecule has 0 spiro atoms. The molecule has 16 heavy (non-hydrogen) atoms. The normalized spacial score (nSPS) is 11.6. The Morgan fingerprint density at radius 2 is 1.75 bits per heavy atom. The van der Waals surface area contributed by atoms with E-state index >= 15 is 0 Å². The highest BCUT2D eigenvalue weighted by Gasteiger charge is 2.24. The minimum Gasteiger partial charge on any atom is -0.491 e. The molecule has 0 aromatic heterocycles. The van der Waals surface area contributed by atoms with Crippen molar-refractivity contribution in [2.75, 3.05) is 0 Å². The van der Waals surface area contributed by atoms with Gasteiger partial charge in [-0.25, -0.2) is 0 Å². The molecule has 0 heterocycles. The van der Waals surface area contributed by atoms with E-state index in [0.717, 1.165) is 5.75 Å². The Morgan fingerprint density at radius 3 is 2.12 bits per heavy atom. The molecule has 1 rings (SSSR count). The summed E-state index contributed by atoms with van der Waals surface area (Å²) in [5, 5.41) is 0. The predicted octanol–water partition coefficient (Wildman–Crippen LogP) is 3.83. The molecule has 0 bridgehead atoms. The quantitative estimate of drug-likeness (QED) is 0.620. The zero-order valence-electron chi connectivity index (χ0n) is 10.1. The van der Waals surface area contributed by atoms with Crippen LogP contribution in [0.15, 0.2) is 24.3 Å². The number of hydrogen-bond donors (Lipinski definition) is 0. The first-order valence-corrected chi connectivity index (χ1v) is 6.10. The van der Waals surface area contributed by atoms with Crippen LogP contribution in [0.5, 0.6) is 5.75 Å². The summed E-state index contributed by atoms with van der Waals surface area (Å²) in [6, 6.07) is 7.24. The van der Waals surface area contributed by atoms with Gasteiger partial charge in [-0.05, 0) is 52.0 Å². The minimum atomic E-state index is -0.520. The lowest BCUT2D eigenvalue weighted by Gasteiger charge is -2.15. The maximum absolute atomic E-state index is 11.9. The SMILES string of the molecule is CC(C)Oc1ccc(C(=O)C(C)(C)Br)cc1. The van der Waals surface area contributed by atoms with Gasteiger partial charge in [-0.15, -0.1) is 0 Å². The predicted molar refractivity (Wildman–Crippen MR) is 69.5 cm³/mol. The molecule has 0 aliphatic rings. The first kappa shape index (κ1) is 13.2. The number of benzene rings is 1. The molecule has 0 aliphatic carbocycles. The summed E-state index contributed by atoms with van der Waals surface area (Å²) in [5.41, 5.74) is 0.693. The lowest BCUT2D eigenvalue weighted by Crippen LogP contribution is -2.23. The molecule has 0 atom stereocenters. The van der Waals surface area contributed by atoms with Crippen LogP contribution in [-0.4, -0.2) is 16.2 Å². The van der Waals surface area contributed by atoms with Crippen molar-refractivity contribution in [3.05, 3.63) is 29.8 Å². The fourth-order valence-corrected chi connectivity index (χ4v) is 1.53. The van der Waals surface area contributed by atoms with E-state index in [-0.39, 0.29) is 11.9 Å². The summed E-state index contributed by atoms with van der Waals surface area (Å²) < 4.78 is 4.99. The van der Waals surface area contributed by atoms with Crippen molar-refractivity contribution in [2.24, 2.45) is 0 Å². The number of alkyl halides is 1. The summed E-state index contributed by atoms with van der Waals surface area (Å²) in [5.74, 6) is 0.863. The monoisotopic (exact) mass is 284 g/mol. The molecule has 3 heteroatoms. The maximum Gasteiger partial charge on any atom is 0.178 e. The second-order valence-electron chi connectivity index (χ2n) is 4.49. The number of hydrogen-bond acceptors (Lipinski definition) is 2. The summed E-state index contributed by atoms with van der Waals surface area (Å²) in [6.45, 7) is 7.63. The highest BCUT2D eigenvalue weighted by atomic mass is 79.9. The summed E-state index contributed by atoms with van der Waals surface area (Å²) in [4.78, 5) is 11.9. The lowest BCUT2D eigenvalue weighted by atomic mass is 10.0. The van der Waals surface area contributed by atoms with Crippen LogP contribution in [0.3, 0.4) is 0 Å². The fraction of sp³-hybridized carbons (Fsp3) is 0.462. The average Bonchev–Trinajstić information content (AvgIpc) is 2.15. The number of rotatable bonds is 4. The lowest BCUT2D eigenvalue weighted by molar-refractivity contribution is 0.0961. The second-order valence-corrected chi connectivity index (χ2v) is 6.48. The third-order valence-electron chi connectivity index (χ3n) is 2.03. The highest BCUT2D eigenvalue weighted by molar-refractivity contribution is 9.10. The largest absolute Gasteiger partial charge is 0.491 e. The summed E-state index contributed by atoms with van der Waals surface area (Å²) >= 11 is 3.36. The zero-order chi connectivity index (χ0) is 12.3. The Bertz CT molecular complexity index is 361. The molecule has 0 saturated carbocycles. The van der Waals surface area contributed by atoms with Gasteiger partial charge in [-0.3, -0.25) is 4.79 Å². The fourth-order valence-electron chi connectivity index (χ4n) is 1.30. The van der Waals surface area contributed by atoms with Crippen LogP contribution in [0, 0.1) is 0 Å². The Balaban J connectivity index is 2.83. The van der Waals surface area contributed by atoms with E-state index < -0.39 is 4.32 Å². The van der Waals surface area contributed by atoms with Crippen LogP contribution in [-0.2, 0) is 0 Å². The van der Waals surface area contributed by atoms with Crippen LogP contribution < -0.4 is 4.74 Å². The Kier molecular flexibility index (Phi) is 4.14. The number of ketones is 1. The van der Waals surface area contributed by atoms with Crippen molar-refractivity contribution in [3.63, 3.8) is 0 Å². The van der Waals surface area contributed by atoms with Crippen LogP contribution in [0.2, 0.25) is 0 Å². The highest BCUT2D eigenvalue weighted by Crippen LogP contribution is 2.23. The van der Waals surface area contributed by atoms with E-state index in [1.807, 2.05) is 39.8 Å². The standard InChI is InChI=1S/C13H17BrO2/c1-9(2)16-11-7-5-10(6-8-11)12(15)13(3,4)14/h5-9H,1-4H3. The molecular formula is C13H17BrO2. The number of Topliss-reactive ketones (excluding diaryl/α,β-unsaturated/α-hetero) is 1. The molecule has 1 aromatic carbocycles. The Labute approximate surface area is 105 Å². The zero-order valence-corrected chi connectivity index (χ0v) is 11.7. The van der Waals surface area contributed by atoms with Gasteiger partial charge in [0.05, 0.1) is 10.4 Å². The minimum absolute atomic E-state index is 0.0728. The Morgan fingerprint density at radius 1 is 1.25 bits per heavy atom. The van der Waals surface area contributed by atoms with Gasteiger partial charge in [0, 0.05) is 5.56 Å².